The van der Waals surface area contributed by atoms with Gasteiger partial charge < -0.3 is 10.4 Å². The van der Waals surface area contributed by atoms with E-state index in [4.69, 9.17) is 0 Å². The average molecular weight is 287 g/mol. The van der Waals surface area contributed by atoms with Gasteiger partial charge in [-0.15, -0.1) is 0 Å². The van der Waals surface area contributed by atoms with E-state index in [-0.39, 0.29) is 11.9 Å². The number of aromatic nitrogens is 1. The molecule has 0 bridgehead atoms. The molecule has 16 heavy (non-hydrogen) atoms. The lowest BCUT2D eigenvalue weighted by atomic mass is 10.1. The maximum Gasteiger partial charge on any atom is 0.271 e. The van der Waals surface area contributed by atoms with Crippen LogP contribution in [0.1, 0.15) is 30.8 Å². The number of amides is 1. The molecule has 0 spiro atoms. The van der Waals surface area contributed by atoms with E-state index in [1.54, 1.807) is 25.3 Å². The molecule has 0 aliphatic rings. The van der Waals surface area contributed by atoms with Crippen LogP contribution < -0.4 is 5.32 Å². The summed E-state index contributed by atoms with van der Waals surface area (Å²) >= 11 is 3.26. The first kappa shape index (κ1) is 13.1. The second-order valence-corrected chi connectivity index (χ2v) is 4.65. The van der Waals surface area contributed by atoms with Gasteiger partial charge in [0.05, 0.1) is 6.10 Å². The van der Waals surface area contributed by atoms with E-state index in [9.17, 15) is 9.90 Å². The predicted molar refractivity (Wildman–Crippen MR) is 65.2 cm³/mol. The number of rotatable bonds is 4. The van der Waals surface area contributed by atoms with Crippen LogP contribution in [-0.4, -0.2) is 28.1 Å². The zero-order valence-corrected chi connectivity index (χ0v) is 10.9. The van der Waals surface area contributed by atoms with Crippen molar-refractivity contribution in [3.05, 3.63) is 28.5 Å². The molecule has 2 atom stereocenters. The van der Waals surface area contributed by atoms with Gasteiger partial charge >= 0.3 is 0 Å². The van der Waals surface area contributed by atoms with Crippen molar-refractivity contribution in [3.63, 3.8) is 0 Å². The van der Waals surface area contributed by atoms with Crippen molar-refractivity contribution in [3.8, 4) is 0 Å². The Bertz CT molecular complexity index is 369. The summed E-state index contributed by atoms with van der Waals surface area (Å²) in [5.74, 6) is -0.236. The highest BCUT2D eigenvalue weighted by Crippen LogP contribution is 2.13. The maximum absolute atomic E-state index is 11.8. The summed E-state index contributed by atoms with van der Waals surface area (Å²) in [5.41, 5.74) is 0.361. The molecule has 1 heterocycles. The van der Waals surface area contributed by atoms with E-state index >= 15 is 0 Å². The first-order valence-electron chi connectivity index (χ1n) is 5.10. The van der Waals surface area contributed by atoms with Gasteiger partial charge in [0.2, 0.25) is 0 Å². The molecule has 88 valence electrons. The lowest BCUT2D eigenvalue weighted by Gasteiger charge is -2.15. The number of carbonyl (C=O) groups excluding carboxylic acids is 1. The fourth-order valence-electron chi connectivity index (χ4n) is 1.42. The molecule has 0 aromatic carbocycles. The molecule has 4 nitrogen and oxygen atoms in total. The summed E-state index contributed by atoms with van der Waals surface area (Å²) in [4.78, 5) is 15.8. The number of carbonyl (C=O) groups is 1. The fourth-order valence-corrected chi connectivity index (χ4v) is 1.85. The van der Waals surface area contributed by atoms with Crippen LogP contribution >= 0.6 is 15.9 Å². The lowest BCUT2D eigenvalue weighted by Crippen LogP contribution is -2.35. The summed E-state index contributed by atoms with van der Waals surface area (Å²) in [6.07, 6.45) is 1.66. The van der Waals surface area contributed by atoms with Crippen LogP contribution in [0.2, 0.25) is 0 Å². The molecule has 1 amide bonds. The van der Waals surface area contributed by atoms with Gasteiger partial charge in [0.25, 0.3) is 5.91 Å². The summed E-state index contributed by atoms with van der Waals surface area (Å²) in [6, 6.07) is 3.43. The van der Waals surface area contributed by atoms with Crippen molar-refractivity contribution in [2.75, 3.05) is 0 Å². The summed E-state index contributed by atoms with van der Waals surface area (Å²) in [7, 11) is 0. The van der Waals surface area contributed by atoms with E-state index in [1.807, 2.05) is 6.92 Å². The van der Waals surface area contributed by atoms with Crippen LogP contribution in [0.3, 0.4) is 0 Å². The number of aliphatic hydroxyl groups excluding tert-OH is 1. The van der Waals surface area contributed by atoms with Gasteiger partial charge in [-0.1, -0.05) is 0 Å². The first-order valence-corrected chi connectivity index (χ1v) is 5.89. The van der Waals surface area contributed by atoms with Crippen LogP contribution in [0.4, 0.5) is 0 Å². The van der Waals surface area contributed by atoms with Crippen molar-refractivity contribution >= 4 is 21.8 Å². The summed E-state index contributed by atoms with van der Waals surface area (Å²) in [6.45, 7) is 3.54. The number of hydrogen-bond acceptors (Lipinski definition) is 3. The quantitative estimate of drug-likeness (QED) is 0.886. The smallest absolute Gasteiger partial charge is 0.271 e. The van der Waals surface area contributed by atoms with E-state index < -0.39 is 6.10 Å². The van der Waals surface area contributed by atoms with Gasteiger partial charge in [-0.3, -0.25) is 4.79 Å². The molecule has 0 saturated carbocycles. The Kier molecular flexibility index (Phi) is 4.89. The van der Waals surface area contributed by atoms with Gasteiger partial charge in [-0.2, -0.15) is 0 Å². The molecule has 0 aliphatic carbocycles. The Labute approximate surface area is 103 Å². The molecule has 5 heteroatoms. The van der Waals surface area contributed by atoms with E-state index in [1.165, 1.54) is 0 Å². The summed E-state index contributed by atoms with van der Waals surface area (Å²) in [5, 5.41) is 12.0. The third kappa shape index (κ3) is 3.90. The number of pyridine rings is 1. The standard InChI is InChI=1S/C11H15BrN2O2/c1-7(6-8(2)15)14-11(16)10-9(12)4-3-5-13-10/h3-5,7-8,15H,6H2,1-2H3,(H,14,16). The molecule has 0 saturated heterocycles. The van der Waals surface area contributed by atoms with Crippen molar-refractivity contribution in [1.29, 1.82) is 0 Å². The Morgan fingerprint density at radius 2 is 2.31 bits per heavy atom. The molecular formula is C11H15BrN2O2. The second kappa shape index (κ2) is 5.96. The molecule has 0 fully saturated rings. The Balaban J connectivity index is 2.63. The minimum absolute atomic E-state index is 0.0820. The van der Waals surface area contributed by atoms with Gasteiger partial charge in [-0.05, 0) is 48.3 Å². The number of aliphatic hydroxyl groups is 1. The molecule has 1 aromatic rings. The van der Waals surface area contributed by atoms with Crippen LogP contribution in [0, 0.1) is 0 Å². The van der Waals surface area contributed by atoms with E-state index in [2.05, 4.69) is 26.2 Å². The predicted octanol–water partition coefficient (Wildman–Crippen LogP) is 1.73. The maximum atomic E-state index is 11.8. The minimum Gasteiger partial charge on any atom is -0.393 e. The number of nitrogens with one attached hydrogen (secondary N) is 1. The third-order valence-corrected chi connectivity index (χ3v) is 2.69. The van der Waals surface area contributed by atoms with Crippen LogP contribution in [-0.2, 0) is 0 Å². The highest BCUT2D eigenvalue weighted by molar-refractivity contribution is 9.10. The lowest BCUT2D eigenvalue weighted by molar-refractivity contribution is 0.0917. The van der Waals surface area contributed by atoms with Crippen LogP contribution in [0.5, 0.6) is 0 Å². The average Bonchev–Trinajstić information content (AvgIpc) is 2.16. The monoisotopic (exact) mass is 286 g/mol. The van der Waals surface area contributed by atoms with Crippen molar-refractivity contribution < 1.29 is 9.90 Å². The fraction of sp³-hybridized carbons (Fsp3) is 0.455. The zero-order chi connectivity index (χ0) is 12.1. The SMILES string of the molecule is CC(O)CC(C)NC(=O)c1ncccc1Br. The highest BCUT2D eigenvalue weighted by atomic mass is 79.9. The number of hydrogen-bond donors (Lipinski definition) is 2. The molecular weight excluding hydrogens is 272 g/mol. The Morgan fingerprint density at radius 3 is 2.88 bits per heavy atom. The van der Waals surface area contributed by atoms with Crippen molar-refractivity contribution in [2.45, 2.75) is 32.4 Å². The van der Waals surface area contributed by atoms with Gasteiger partial charge in [0, 0.05) is 16.7 Å². The molecule has 0 radical (unpaired) electrons. The first-order chi connectivity index (χ1) is 7.50. The normalized spacial score (nSPS) is 14.2. The molecule has 1 rings (SSSR count). The molecule has 0 aliphatic heterocycles. The largest absolute Gasteiger partial charge is 0.393 e. The van der Waals surface area contributed by atoms with Gasteiger partial charge in [0.15, 0.2) is 0 Å². The second-order valence-electron chi connectivity index (χ2n) is 3.79. The van der Waals surface area contributed by atoms with Gasteiger partial charge in [-0.25, -0.2) is 4.98 Å². The molecule has 2 N–H and O–H groups in total. The van der Waals surface area contributed by atoms with Crippen LogP contribution in [0.15, 0.2) is 22.8 Å². The Hall–Kier alpha value is -0.940. The number of nitrogens with zero attached hydrogens (tertiary/aromatic N) is 1. The van der Waals surface area contributed by atoms with Crippen LogP contribution in [0.25, 0.3) is 0 Å². The van der Waals surface area contributed by atoms with Crippen molar-refractivity contribution in [2.24, 2.45) is 0 Å². The topological polar surface area (TPSA) is 62.2 Å². The molecule has 2 unspecified atom stereocenters. The summed E-state index contributed by atoms with van der Waals surface area (Å²) < 4.78 is 0.664. The van der Waals surface area contributed by atoms with Crippen molar-refractivity contribution in [1.82, 2.24) is 10.3 Å². The van der Waals surface area contributed by atoms with E-state index in [0.29, 0.717) is 16.6 Å². The zero-order valence-electron chi connectivity index (χ0n) is 9.27. The minimum atomic E-state index is -0.428. The van der Waals surface area contributed by atoms with E-state index in [0.717, 1.165) is 0 Å². The number of halogens is 1. The van der Waals surface area contributed by atoms with Gasteiger partial charge in [0.1, 0.15) is 5.69 Å². The Morgan fingerprint density at radius 1 is 1.62 bits per heavy atom. The highest BCUT2D eigenvalue weighted by Gasteiger charge is 2.14. The molecule has 1 aromatic heterocycles. The third-order valence-electron chi connectivity index (χ3n) is 2.05.